The molecule has 6 heteroatoms. The lowest BCUT2D eigenvalue weighted by Crippen LogP contribution is -2.17. The van der Waals surface area contributed by atoms with Crippen molar-refractivity contribution in [1.82, 2.24) is 10.1 Å². The van der Waals surface area contributed by atoms with Crippen molar-refractivity contribution in [2.45, 2.75) is 26.4 Å². The van der Waals surface area contributed by atoms with E-state index in [0.717, 1.165) is 29.2 Å². The van der Waals surface area contributed by atoms with Crippen molar-refractivity contribution in [1.29, 1.82) is 0 Å². The first-order valence-electron chi connectivity index (χ1n) is 6.86. The van der Waals surface area contributed by atoms with E-state index in [0.29, 0.717) is 23.9 Å². The summed E-state index contributed by atoms with van der Waals surface area (Å²) in [5.41, 5.74) is 1.97. The molecule has 112 valence electrons. The van der Waals surface area contributed by atoms with Crippen LogP contribution in [0.15, 0.2) is 22.7 Å². The molecule has 1 aromatic carbocycles. The predicted octanol–water partition coefficient (Wildman–Crippen LogP) is 3.25. The van der Waals surface area contributed by atoms with Crippen molar-refractivity contribution >= 4 is 11.6 Å². The lowest BCUT2D eigenvalue weighted by atomic mass is 10.2. The number of halogens is 1. The summed E-state index contributed by atoms with van der Waals surface area (Å²) in [6.07, 6.45) is 0.876. The maximum atomic E-state index is 6.28. The monoisotopic (exact) mass is 308 g/mol. The van der Waals surface area contributed by atoms with Gasteiger partial charge in [-0.3, -0.25) is 4.90 Å². The van der Waals surface area contributed by atoms with Crippen LogP contribution in [-0.4, -0.2) is 23.9 Å². The van der Waals surface area contributed by atoms with Crippen molar-refractivity contribution in [3.63, 3.8) is 0 Å². The highest BCUT2D eigenvalue weighted by atomic mass is 35.5. The van der Waals surface area contributed by atoms with Gasteiger partial charge in [-0.25, -0.2) is 0 Å². The molecule has 21 heavy (non-hydrogen) atoms. The zero-order chi connectivity index (χ0) is 14.8. The summed E-state index contributed by atoms with van der Waals surface area (Å²) >= 11 is 6.28. The molecule has 0 fully saturated rings. The number of fused-ring (bicyclic) bond motifs is 1. The summed E-state index contributed by atoms with van der Waals surface area (Å²) in [6, 6.07) is 5.72. The molecule has 0 amide bonds. The minimum Gasteiger partial charge on any atom is -0.454 e. The quantitative estimate of drug-likeness (QED) is 0.848. The fourth-order valence-electron chi connectivity index (χ4n) is 2.29. The molecule has 0 radical (unpaired) electrons. The molecule has 0 atom stereocenters. The summed E-state index contributed by atoms with van der Waals surface area (Å²) in [7, 11) is 2.01. The van der Waals surface area contributed by atoms with E-state index in [9.17, 15) is 0 Å². The van der Waals surface area contributed by atoms with Crippen LogP contribution >= 0.6 is 11.6 Å². The SMILES string of the molecule is CCc1cc(CN(C)Cc2cc3c(cc2Cl)OCO3)on1. The predicted molar refractivity (Wildman–Crippen MR) is 78.6 cm³/mol. The zero-order valence-corrected chi connectivity index (χ0v) is 12.8. The summed E-state index contributed by atoms with van der Waals surface area (Å²) < 4.78 is 16.0. The second kappa shape index (κ2) is 5.95. The molecule has 0 spiro atoms. The van der Waals surface area contributed by atoms with Gasteiger partial charge in [0.05, 0.1) is 12.2 Å². The second-order valence-electron chi connectivity index (χ2n) is 5.11. The van der Waals surface area contributed by atoms with Crippen LogP contribution in [0.25, 0.3) is 0 Å². The lowest BCUT2D eigenvalue weighted by molar-refractivity contribution is 0.174. The highest BCUT2D eigenvalue weighted by Crippen LogP contribution is 2.37. The lowest BCUT2D eigenvalue weighted by Gasteiger charge is -2.16. The van der Waals surface area contributed by atoms with Gasteiger partial charge in [0.1, 0.15) is 0 Å². The van der Waals surface area contributed by atoms with Crippen LogP contribution in [0.4, 0.5) is 0 Å². The molecule has 0 N–H and O–H groups in total. The van der Waals surface area contributed by atoms with Gasteiger partial charge in [0.25, 0.3) is 0 Å². The van der Waals surface area contributed by atoms with E-state index in [4.69, 9.17) is 25.6 Å². The number of benzene rings is 1. The van der Waals surface area contributed by atoms with Gasteiger partial charge in [-0.1, -0.05) is 23.7 Å². The molecule has 0 bridgehead atoms. The molecule has 0 saturated heterocycles. The van der Waals surface area contributed by atoms with Gasteiger partial charge in [0.15, 0.2) is 17.3 Å². The molecule has 1 aliphatic heterocycles. The van der Waals surface area contributed by atoms with Gasteiger partial charge in [0.2, 0.25) is 6.79 Å². The third-order valence-electron chi connectivity index (χ3n) is 3.38. The molecule has 1 aliphatic rings. The van der Waals surface area contributed by atoms with Crippen LogP contribution in [0.5, 0.6) is 11.5 Å². The number of aryl methyl sites for hydroxylation is 1. The van der Waals surface area contributed by atoms with E-state index in [1.165, 1.54) is 0 Å². The minimum atomic E-state index is 0.253. The third-order valence-corrected chi connectivity index (χ3v) is 3.73. The average Bonchev–Trinajstić information content (AvgIpc) is 3.07. The standard InChI is InChI=1S/C15H17ClN2O3/c1-3-11-5-12(21-17-11)8-18(2)7-10-4-14-15(6-13(10)16)20-9-19-14/h4-6H,3,7-9H2,1-2H3. The Morgan fingerprint density at radius 3 is 2.67 bits per heavy atom. The summed E-state index contributed by atoms with van der Waals surface area (Å²) in [4.78, 5) is 2.11. The highest BCUT2D eigenvalue weighted by Gasteiger charge is 2.17. The highest BCUT2D eigenvalue weighted by molar-refractivity contribution is 6.31. The Morgan fingerprint density at radius 1 is 1.19 bits per heavy atom. The topological polar surface area (TPSA) is 47.7 Å². The molecule has 0 aliphatic carbocycles. The largest absolute Gasteiger partial charge is 0.454 e. The van der Waals surface area contributed by atoms with E-state index in [2.05, 4.69) is 17.0 Å². The minimum absolute atomic E-state index is 0.253. The normalized spacial score (nSPS) is 13.1. The maximum Gasteiger partial charge on any atom is 0.231 e. The second-order valence-corrected chi connectivity index (χ2v) is 5.51. The van der Waals surface area contributed by atoms with Crippen molar-refractivity contribution in [2.24, 2.45) is 0 Å². The number of hydrogen-bond acceptors (Lipinski definition) is 5. The van der Waals surface area contributed by atoms with Gasteiger partial charge in [-0.05, 0) is 25.1 Å². The Morgan fingerprint density at radius 2 is 1.95 bits per heavy atom. The van der Waals surface area contributed by atoms with Crippen LogP contribution in [0.1, 0.15) is 23.9 Å². The zero-order valence-electron chi connectivity index (χ0n) is 12.1. The molecule has 0 unspecified atom stereocenters. The van der Waals surface area contributed by atoms with Crippen LogP contribution in [0.2, 0.25) is 5.02 Å². The van der Waals surface area contributed by atoms with Gasteiger partial charge >= 0.3 is 0 Å². The van der Waals surface area contributed by atoms with Crippen molar-refractivity contribution < 1.29 is 14.0 Å². The fraction of sp³-hybridized carbons (Fsp3) is 0.400. The third kappa shape index (κ3) is 3.14. The Kier molecular flexibility index (Phi) is 4.03. The summed E-state index contributed by atoms with van der Waals surface area (Å²) in [5.74, 6) is 2.30. The van der Waals surface area contributed by atoms with E-state index in [1.54, 1.807) is 6.07 Å². The van der Waals surface area contributed by atoms with E-state index in [1.807, 2.05) is 19.2 Å². The molecule has 3 rings (SSSR count). The first-order chi connectivity index (χ1) is 10.2. The number of nitrogens with zero attached hydrogens (tertiary/aromatic N) is 2. The molecule has 5 nitrogen and oxygen atoms in total. The van der Waals surface area contributed by atoms with Crippen molar-refractivity contribution in [2.75, 3.05) is 13.8 Å². The molecular weight excluding hydrogens is 292 g/mol. The van der Waals surface area contributed by atoms with Crippen LogP contribution < -0.4 is 9.47 Å². The molecular formula is C15H17ClN2O3. The van der Waals surface area contributed by atoms with Crippen LogP contribution in [0, 0.1) is 0 Å². The Bertz CT molecular complexity index is 642. The summed E-state index contributed by atoms with van der Waals surface area (Å²) in [5, 5.41) is 4.67. The van der Waals surface area contributed by atoms with E-state index in [-0.39, 0.29) is 6.79 Å². The first-order valence-corrected chi connectivity index (χ1v) is 7.24. The fourth-order valence-corrected chi connectivity index (χ4v) is 2.50. The Labute approximate surface area is 128 Å². The smallest absolute Gasteiger partial charge is 0.231 e. The van der Waals surface area contributed by atoms with Crippen LogP contribution in [0.3, 0.4) is 0 Å². The van der Waals surface area contributed by atoms with Crippen molar-refractivity contribution in [3.05, 3.63) is 40.2 Å². The number of ether oxygens (including phenoxy) is 2. The van der Waals surface area contributed by atoms with Crippen LogP contribution in [-0.2, 0) is 19.5 Å². The molecule has 2 heterocycles. The van der Waals surface area contributed by atoms with Gasteiger partial charge in [0, 0.05) is 23.7 Å². The molecule has 1 aromatic heterocycles. The van der Waals surface area contributed by atoms with Gasteiger partial charge in [-0.15, -0.1) is 0 Å². The van der Waals surface area contributed by atoms with E-state index < -0.39 is 0 Å². The Hall–Kier alpha value is -1.72. The molecule has 2 aromatic rings. The van der Waals surface area contributed by atoms with Gasteiger partial charge < -0.3 is 14.0 Å². The average molecular weight is 309 g/mol. The molecule has 0 saturated carbocycles. The number of aromatic nitrogens is 1. The van der Waals surface area contributed by atoms with E-state index >= 15 is 0 Å². The maximum absolute atomic E-state index is 6.28. The first kappa shape index (κ1) is 14.2. The van der Waals surface area contributed by atoms with Gasteiger partial charge in [-0.2, -0.15) is 0 Å². The number of rotatable bonds is 5. The Balaban J connectivity index is 1.68. The summed E-state index contributed by atoms with van der Waals surface area (Å²) in [6.45, 7) is 3.68. The number of hydrogen-bond donors (Lipinski definition) is 0. The van der Waals surface area contributed by atoms with Crippen molar-refractivity contribution in [3.8, 4) is 11.5 Å².